The molecule has 130 valence electrons. The van der Waals surface area contributed by atoms with Crippen molar-refractivity contribution in [2.24, 2.45) is 0 Å². The molecule has 0 aliphatic heterocycles. The summed E-state index contributed by atoms with van der Waals surface area (Å²) in [5.74, 6) is -0.300. The van der Waals surface area contributed by atoms with Gasteiger partial charge in [0.2, 0.25) is 0 Å². The lowest BCUT2D eigenvalue weighted by Crippen LogP contribution is -2.31. The molecule has 24 heavy (non-hydrogen) atoms. The summed E-state index contributed by atoms with van der Waals surface area (Å²) >= 11 is 11.4. The van der Waals surface area contributed by atoms with Gasteiger partial charge in [-0.1, -0.05) is 41.4 Å². The zero-order valence-electron chi connectivity index (χ0n) is 12.3. The molecule has 10 heteroatoms. The molecule has 1 aromatic carbocycles. The summed E-state index contributed by atoms with van der Waals surface area (Å²) in [4.78, 5) is 13.5. The van der Waals surface area contributed by atoms with Gasteiger partial charge in [-0.05, 0) is 13.1 Å². The van der Waals surface area contributed by atoms with Gasteiger partial charge in [-0.2, -0.15) is 5.10 Å². The van der Waals surface area contributed by atoms with Crippen LogP contribution in [0.4, 0.5) is 13.2 Å². The first-order valence-electron chi connectivity index (χ1n) is 6.60. The minimum atomic E-state index is -4.78. The molecule has 1 heterocycles. The van der Waals surface area contributed by atoms with Crippen LogP contribution < -0.4 is 10.3 Å². The maximum Gasteiger partial charge on any atom is 0.573 e. The van der Waals surface area contributed by atoms with Crippen molar-refractivity contribution in [2.45, 2.75) is 19.6 Å². The summed E-state index contributed by atoms with van der Waals surface area (Å²) in [6.07, 6.45) is -3.56. The van der Waals surface area contributed by atoms with Crippen molar-refractivity contribution in [3.63, 3.8) is 0 Å². The van der Waals surface area contributed by atoms with Crippen LogP contribution in [0.2, 0.25) is 10.0 Å². The van der Waals surface area contributed by atoms with Crippen LogP contribution in [0.1, 0.15) is 5.56 Å². The van der Waals surface area contributed by atoms with Crippen LogP contribution in [-0.2, 0) is 13.2 Å². The molecule has 0 amide bonds. The van der Waals surface area contributed by atoms with Gasteiger partial charge in [-0.15, -0.1) is 13.2 Å². The van der Waals surface area contributed by atoms with E-state index in [0.717, 1.165) is 4.68 Å². The highest BCUT2D eigenvalue weighted by Gasteiger charge is 2.32. The maximum absolute atomic E-state index is 12.4. The number of para-hydroxylation sites is 1. The Morgan fingerprint density at radius 2 is 1.96 bits per heavy atom. The highest BCUT2D eigenvalue weighted by molar-refractivity contribution is 6.41. The molecule has 1 aromatic heterocycles. The fourth-order valence-electron chi connectivity index (χ4n) is 1.97. The lowest BCUT2D eigenvalue weighted by Gasteiger charge is -2.20. The third-order valence-corrected chi connectivity index (χ3v) is 3.70. The average Bonchev–Trinajstić information content (AvgIpc) is 2.48. The van der Waals surface area contributed by atoms with E-state index in [2.05, 4.69) is 9.84 Å². The molecule has 0 unspecified atom stereocenters. The third kappa shape index (κ3) is 4.86. The van der Waals surface area contributed by atoms with Crippen molar-refractivity contribution >= 4 is 23.2 Å². The number of hydrogen-bond donors (Lipinski definition) is 0. The van der Waals surface area contributed by atoms with Gasteiger partial charge >= 0.3 is 6.36 Å². The molecular weight excluding hydrogens is 370 g/mol. The fraction of sp³-hybridized carbons (Fsp3) is 0.286. The molecule has 0 bridgehead atoms. The second-order valence-corrected chi connectivity index (χ2v) is 5.71. The topological polar surface area (TPSA) is 47.4 Å². The van der Waals surface area contributed by atoms with E-state index in [0.29, 0.717) is 5.56 Å². The molecule has 0 spiro atoms. The number of hydrogen-bond acceptors (Lipinski definition) is 4. The van der Waals surface area contributed by atoms with Crippen molar-refractivity contribution in [1.82, 2.24) is 14.7 Å². The van der Waals surface area contributed by atoms with Gasteiger partial charge in [0.05, 0.1) is 17.9 Å². The first-order chi connectivity index (χ1) is 11.2. The van der Waals surface area contributed by atoms with Crippen LogP contribution in [0.15, 0.2) is 35.3 Å². The van der Waals surface area contributed by atoms with Crippen LogP contribution in [0.3, 0.4) is 0 Å². The SMILES string of the molecule is CN(Cc1ccccc1OC(F)(F)F)Cn1ncc(Cl)c(Cl)c1=O. The van der Waals surface area contributed by atoms with Gasteiger partial charge in [0, 0.05) is 12.1 Å². The Morgan fingerprint density at radius 1 is 1.29 bits per heavy atom. The zero-order chi connectivity index (χ0) is 17.9. The van der Waals surface area contributed by atoms with Crippen LogP contribution in [0.25, 0.3) is 0 Å². The van der Waals surface area contributed by atoms with E-state index in [1.807, 2.05) is 0 Å². The number of benzene rings is 1. The second kappa shape index (κ2) is 7.42. The smallest absolute Gasteiger partial charge is 0.405 e. The molecular formula is C14H12Cl2F3N3O2. The summed E-state index contributed by atoms with van der Waals surface area (Å²) < 4.78 is 42.3. The van der Waals surface area contributed by atoms with Gasteiger partial charge in [-0.3, -0.25) is 9.69 Å². The molecule has 0 aliphatic rings. The molecule has 2 rings (SSSR count). The number of aromatic nitrogens is 2. The van der Waals surface area contributed by atoms with Crippen molar-refractivity contribution in [3.05, 3.63) is 56.4 Å². The van der Waals surface area contributed by atoms with Gasteiger partial charge in [-0.25, -0.2) is 4.68 Å². The van der Waals surface area contributed by atoms with Crippen molar-refractivity contribution in [3.8, 4) is 5.75 Å². The predicted octanol–water partition coefficient (Wildman–Crippen LogP) is 3.54. The minimum Gasteiger partial charge on any atom is -0.405 e. The summed E-state index contributed by atoms with van der Waals surface area (Å²) in [5.41, 5.74) is -0.277. The van der Waals surface area contributed by atoms with E-state index in [-0.39, 0.29) is 29.0 Å². The third-order valence-electron chi connectivity index (χ3n) is 2.96. The zero-order valence-corrected chi connectivity index (χ0v) is 13.9. The minimum absolute atomic E-state index is 0.00999. The van der Waals surface area contributed by atoms with Crippen LogP contribution in [-0.4, -0.2) is 28.1 Å². The van der Waals surface area contributed by atoms with Gasteiger partial charge in [0.15, 0.2) is 0 Å². The maximum atomic E-state index is 12.4. The molecule has 0 radical (unpaired) electrons. The summed E-state index contributed by atoms with van der Waals surface area (Å²) in [7, 11) is 1.61. The molecule has 0 fully saturated rings. The van der Waals surface area contributed by atoms with Gasteiger partial charge in [0.1, 0.15) is 10.8 Å². The number of halogens is 5. The van der Waals surface area contributed by atoms with Crippen LogP contribution in [0.5, 0.6) is 5.75 Å². The quantitative estimate of drug-likeness (QED) is 0.794. The van der Waals surface area contributed by atoms with Crippen molar-refractivity contribution in [2.75, 3.05) is 7.05 Å². The molecule has 2 aromatic rings. The standard InChI is InChI=1S/C14H12Cl2F3N3O2/c1-21(8-22-13(23)12(16)10(15)6-20-22)7-9-4-2-3-5-11(9)24-14(17,18)19/h2-6H,7-8H2,1H3. The molecule has 0 saturated carbocycles. The predicted molar refractivity (Wildman–Crippen MR) is 83.1 cm³/mol. The van der Waals surface area contributed by atoms with E-state index < -0.39 is 11.9 Å². The molecule has 0 aliphatic carbocycles. The normalized spacial score (nSPS) is 11.8. The highest BCUT2D eigenvalue weighted by atomic mass is 35.5. The lowest BCUT2D eigenvalue weighted by molar-refractivity contribution is -0.275. The molecule has 0 saturated heterocycles. The number of alkyl halides is 3. The van der Waals surface area contributed by atoms with E-state index in [1.165, 1.54) is 24.4 Å². The Morgan fingerprint density at radius 3 is 2.62 bits per heavy atom. The molecule has 0 N–H and O–H groups in total. The van der Waals surface area contributed by atoms with Crippen molar-refractivity contribution in [1.29, 1.82) is 0 Å². The Kier molecular flexibility index (Phi) is 5.74. The largest absolute Gasteiger partial charge is 0.573 e. The second-order valence-electron chi connectivity index (χ2n) is 4.92. The van der Waals surface area contributed by atoms with E-state index in [9.17, 15) is 18.0 Å². The highest BCUT2D eigenvalue weighted by Crippen LogP contribution is 2.27. The number of nitrogens with zero attached hydrogens (tertiary/aromatic N) is 3. The Balaban J connectivity index is 2.15. The fourth-order valence-corrected chi connectivity index (χ4v) is 2.24. The number of ether oxygens (including phenoxy) is 1. The van der Waals surface area contributed by atoms with Crippen LogP contribution in [0, 0.1) is 0 Å². The molecule has 0 atom stereocenters. The van der Waals surface area contributed by atoms with Gasteiger partial charge < -0.3 is 4.74 Å². The van der Waals surface area contributed by atoms with E-state index >= 15 is 0 Å². The summed E-state index contributed by atoms with van der Waals surface area (Å²) in [6, 6.07) is 5.76. The summed E-state index contributed by atoms with van der Waals surface area (Å²) in [6.45, 7) is 0.108. The first kappa shape index (κ1) is 18.6. The number of rotatable bonds is 5. The first-order valence-corrected chi connectivity index (χ1v) is 7.36. The lowest BCUT2D eigenvalue weighted by atomic mass is 10.2. The Hall–Kier alpha value is -1.77. The Labute approximate surface area is 145 Å². The van der Waals surface area contributed by atoms with E-state index in [4.69, 9.17) is 23.2 Å². The summed E-state index contributed by atoms with van der Waals surface area (Å²) in [5, 5.41) is 3.70. The monoisotopic (exact) mass is 381 g/mol. The van der Waals surface area contributed by atoms with E-state index in [1.54, 1.807) is 18.0 Å². The van der Waals surface area contributed by atoms with Gasteiger partial charge in [0.25, 0.3) is 5.56 Å². The molecule has 5 nitrogen and oxygen atoms in total. The van der Waals surface area contributed by atoms with Crippen molar-refractivity contribution < 1.29 is 17.9 Å². The average molecular weight is 382 g/mol. The van der Waals surface area contributed by atoms with Crippen LogP contribution >= 0.6 is 23.2 Å². The Bertz CT molecular complexity index is 781.